The molecule has 4 bridgehead atoms. The molecule has 19 nitrogen and oxygen atoms in total. The fourth-order valence-corrected chi connectivity index (χ4v) is 20.0. The molecule has 93 heavy (non-hydrogen) atoms. The Labute approximate surface area is 549 Å². The average molecular weight is 1300 g/mol. The number of aromatic nitrogens is 1. The number of methoxy groups -OCH3 is 1. The summed E-state index contributed by atoms with van der Waals surface area (Å²) in [6.07, 6.45) is 21.0. The van der Waals surface area contributed by atoms with Crippen LogP contribution in [0.3, 0.4) is 0 Å². The number of ether oxygens (including phenoxy) is 3. The van der Waals surface area contributed by atoms with Gasteiger partial charge in [0, 0.05) is 111 Å². The number of likely N-dealkylation sites (tertiary alicyclic amines) is 4. The Morgan fingerprint density at radius 2 is 1.16 bits per heavy atom. The predicted octanol–water partition coefficient (Wildman–Crippen LogP) is 10.6. The second-order valence-corrected chi connectivity index (χ2v) is 31.3. The van der Waals surface area contributed by atoms with Gasteiger partial charge in [-0.05, 0) is 215 Å². The van der Waals surface area contributed by atoms with E-state index in [0.29, 0.717) is 49.9 Å². The zero-order chi connectivity index (χ0) is 65.0. The number of amides is 4. The first kappa shape index (κ1) is 65.5. The summed E-state index contributed by atoms with van der Waals surface area (Å²) >= 11 is 0. The van der Waals surface area contributed by atoms with Crippen LogP contribution in [0.4, 0.5) is 31.0 Å². The third-order valence-corrected chi connectivity index (χ3v) is 25.0. The van der Waals surface area contributed by atoms with E-state index in [9.17, 15) is 32.0 Å². The van der Waals surface area contributed by atoms with Gasteiger partial charge in [-0.3, -0.25) is 13.9 Å². The molecule has 0 radical (unpaired) electrons. The summed E-state index contributed by atoms with van der Waals surface area (Å²) in [6, 6.07) is 21.5. The molecule has 4 aromatic rings. The molecule has 2 aliphatic carbocycles. The molecule has 0 N–H and O–H groups in total. The summed E-state index contributed by atoms with van der Waals surface area (Å²) < 4.78 is 61.3. The summed E-state index contributed by atoms with van der Waals surface area (Å²) in [5.41, 5.74) is 8.70. The van der Waals surface area contributed by atoms with E-state index >= 15 is 0 Å². The first-order chi connectivity index (χ1) is 44.8. The third kappa shape index (κ3) is 13.0. The van der Waals surface area contributed by atoms with Gasteiger partial charge in [-0.25, -0.2) is 22.4 Å². The fourth-order valence-electron chi connectivity index (χ4n) is 19.0. The van der Waals surface area contributed by atoms with E-state index in [1.54, 1.807) is 32.4 Å². The monoisotopic (exact) mass is 1300 g/mol. The molecule has 3 spiro atoms. The highest BCUT2D eigenvalue weighted by Gasteiger charge is 2.53. The summed E-state index contributed by atoms with van der Waals surface area (Å²) in [4.78, 5) is 65.7. The number of benzene rings is 3. The van der Waals surface area contributed by atoms with Crippen molar-refractivity contribution in [3.05, 3.63) is 106 Å². The lowest BCUT2D eigenvalue weighted by Crippen LogP contribution is -2.55. The zero-order valence-corrected chi connectivity index (χ0v) is 56.5. The lowest BCUT2D eigenvalue weighted by Gasteiger charge is -2.47. The van der Waals surface area contributed by atoms with Crippen molar-refractivity contribution in [1.82, 2.24) is 29.7 Å². The maximum atomic E-state index is 14.1. The normalized spacial score (nSPS) is 26.8. The van der Waals surface area contributed by atoms with Crippen LogP contribution >= 0.6 is 0 Å². The van der Waals surface area contributed by atoms with Crippen molar-refractivity contribution < 1.29 is 50.7 Å². The number of piperidine rings is 5. The molecule has 1 aromatic heterocycles. The fraction of sp³-hybridized carbons (Fsp3) is 0.653. The Bertz CT molecular complexity index is 3470. The van der Waals surface area contributed by atoms with E-state index < -0.39 is 10.0 Å². The molecular formula is C72H98FN9O10S. The molecule has 8 fully saturated rings. The molecule has 2 saturated carbocycles. The van der Waals surface area contributed by atoms with Crippen LogP contribution in [0.5, 0.6) is 0 Å². The number of aryl methyl sites for hydroxylation is 2. The second-order valence-electron chi connectivity index (χ2n) is 29.4. The standard InChI is InChI=1S/C24H34FN3O4S.C24H35N3O4.C24H29N3O2/c1-3-12-32-23(29)28-18-5-6-19(28)15-20(14-18)26-10-8-24(9-11-26)16-27(33(2,30)31)22-7-4-17(25)13-21(22)24;1-18-4-5-22-21(16-18)24(17-27(22)19(2)28)8-12-25(13-9-24)20-6-10-26(11-7-20)23(29)31-15-14-30-3;1-16-2-5-20-19(12-16)24(15-27(20)23(28)22-6-9-25-29-22)7-10-26(11-8-24)21-14-17-3-4-18(21)13-17/h4,7,13,18-20H,3,5-6,8-12,14-16H2,1-2H3;4-5,16,20H,6-15,17H2,1-3H3;2,5-6,9,12,17-18,21H,3-4,7-8,10-11,13-15H2,1H3. The van der Waals surface area contributed by atoms with Gasteiger partial charge in [0.25, 0.3) is 5.91 Å². The number of nitrogens with zero attached hydrogens (tertiary/aromatic N) is 9. The minimum Gasteiger partial charge on any atom is -0.449 e. The number of hydrogen-bond acceptors (Lipinski definition) is 14. The van der Waals surface area contributed by atoms with Crippen molar-refractivity contribution in [2.45, 2.75) is 183 Å². The van der Waals surface area contributed by atoms with Crippen LogP contribution in [0.2, 0.25) is 0 Å². The number of rotatable bonds is 10. The Hall–Kier alpha value is -6.13. The second kappa shape index (κ2) is 26.8. The SMILES string of the molecule is CCCOC(=O)N1C2CCC1CC(N1CCC3(CC1)CN(S(C)(=O)=O)c1ccc(F)cc13)C2.COCCOC(=O)N1CCC(N2CCC3(CC2)CN(C(C)=O)c2ccc(C)cc23)CC1.Cc1ccc2c(c1)C1(CCN(C3CC4CCC3C4)CC1)CN2C(=O)c1ccno1. The largest absolute Gasteiger partial charge is 0.449 e. The number of halogens is 1. The maximum absolute atomic E-state index is 14.1. The Kier molecular flexibility index (Phi) is 18.9. The highest BCUT2D eigenvalue weighted by Crippen LogP contribution is 2.54. The first-order valence-corrected chi connectivity index (χ1v) is 36.7. The molecule has 5 atom stereocenters. The van der Waals surface area contributed by atoms with Crippen molar-refractivity contribution in [1.29, 1.82) is 0 Å². The van der Waals surface area contributed by atoms with Gasteiger partial charge in [-0.1, -0.05) is 53.9 Å². The van der Waals surface area contributed by atoms with Gasteiger partial charge in [0.05, 0.1) is 31.4 Å². The number of fused-ring (bicyclic) bond motifs is 10. The third-order valence-electron chi connectivity index (χ3n) is 23.9. The highest BCUT2D eigenvalue weighted by molar-refractivity contribution is 7.92. The van der Waals surface area contributed by atoms with Crippen LogP contribution < -0.4 is 14.1 Å². The van der Waals surface area contributed by atoms with Crippen LogP contribution in [0.15, 0.2) is 71.4 Å². The van der Waals surface area contributed by atoms with Crippen LogP contribution in [0.25, 0.3) is 0 Å². The minimum absolute atomic E-state index is 0.0694. The quantitative estimate of drug-likeness (QED) is 0.137. The van der Waals surface area contributed by atoms with E-state index in [-0.39, 0.29) is 58.1 Å². The van der Waals surface area contributed by atoms with Gasteiger partial charge in [-0.15, -0.1) is 0 Å². The van der Waals surface area contributed by atoms with Crippen LogP contribution in [-0.4, -0.2) is 197 Å². The number of carbonyl (C=O) groups excluding carboxylic acids is 4. The molecule has 4 amide bonds. The smallest absolute Gasteiger partial charge is 0.410 e. The molecule has 21 heteroatoms. The van der Waals surface area contributed by atoms with Gasteiger partial charge >= 0.3 is 12.2 Å². The summed E-state index contributed by atoms with van der Waals surface area (Å²) in [5.74, 6) is 2.01. The predicted molar refractivity (Wildman–Crippen MR) is 355 cm³/mol. The molecule has 5 unspecified atom stereocenters. The van der Waals surface area contributed by atoms with Crippen LogP contribution in [0.1, 0.15) is 161 Å². The van der Waals surface area contributed by atoms with Gasteiger partial charge in [-0.2, -0.15) is 0 Å². The van der Waals surface area contributed by atoms with Crippen molar-refractivity contribution in [3.63, 3.8) is 0 Å². The van der Waals surface area contributed by atoms with E-state index in [1.807, 2.05) is 26.5 Å². The molecule has 504 valence electrons. The molecular weight excluding hydrogens is 1200 g/mol. The summed E-state index contributed by atoms with van der Waals surface area (Å²) in [6.45, 7) is 18.8. The molecule has 10 heterocycles. The number of hydrogen-bond donors (Lipinski definition) is 0. The maximum Gasteiger partial charge on any atom is 0.410 e. The van der Waals surface area contributed by atoms with Crippen molar-refractivity contribution >= 4 is 51.1 Å². The Balaban J connectivity index is 0.000000127. The molecule has 15 rings (SSSR count). The molecule has 6 saturated heterocycles. The molecule has 9 aliphatic heterocycles. The lowest BCUT2D eigenvalue weighted by molar-refractivity contribution is -0.116. The molecule has 11 aliphatic rings. The topological polar surface area (TPSA) is 182 Å². The zero-order valence-electron chi connectivity index (χ0n) is 55.7. The van der Waals surface area contributed by atoms with Crippen molar-refractivity contribution in [2.24, 2.45) is 11.8 Å². The Morgan fingerprint density at radius 3 is 1.71 bits per heavy atom. The van der Waals surface area contributed by atoms with Gasteiger partial charge in [0.2, 0.25) is 21.7 Å². The van der Waals surface area contributed by atoms with E-state index in [4.69, 9.17) is 18.7 Å². The minimum atomic E-state index is -3.42. The van der Waals surface area contributed by atoms with Crippen molar-refractivity contribution in [2.75, 3.05) is 119 Å². The highest BCUT2D eigenvalue weighted by atomic mass is 32.2. The van der Waals surface area contributed by atoms with Crippen LogP contribution in [0, 0.1) is 31.5 Å². The van der Waals surface area contributed by atoms with Gasteiger partial charge < -0.3 is 53.0 Å². The van der Waals surface area contributed by atoms with E-state index in [2.05, 4.69) is 70.1 Å². The number of sulfonamides is 1. The summed E-state index contributed by atoms with van der Waals surface area (Å²) in [7, 11) is -1.82. The number of carbonyl (C=O) groups is 4. The molecule has 3 aromatic carbocycles. The van der Waals surface area contributed by atoms with Crippen LogP contribution in [-0.2, 0) is 45.3 Å². The van der Waals surface area contributed by atoms with E-state index in [1.165, 1.54) is 70.6 Å². The van der Waals surface area contributed by atoms with Gasteiger partial charge in [0.15, 0.2) is 0 Å². The summed E-state index contributed by atoms with van der Waals surface area (Å²) in [5, 5.41) is 3.73. The van der Waals surface area contributed by atoms with E-state index in [0.717, 1.165) is 184 Å². The lowest BCUT2D eigenvalue weighted by atomic mass is 9.73. The number of anilines is 3. The van der Waals surface area contributed by atoms with Gasteiger partial charge in [0.1, 0.15) is 12.4 Å². The Morgan fingerprint density at radius 1 is 0.602 bits per heavy atom. The average Bonchev–Trinajstić information content (AvgIpc) is 1.65. The first-order valence-electron chi connectivity index (χ1n) is 34.9. The van der Waals surface area contributed by atoms with Crippen molar-refractivity contribution in [3.8, 4) is 0 Å².